The molecular weight excluding hydrogens is 218 g/mol. The quantitative estimate of drug-likeness (QED) is 0.531. The molecule has 0 aromatic heterocycles. The average Bonchev–Trinajstić information content (AvgIpc) is 2.10. The Hall–Kier alpha value is -0.0300. The minimum atomic E-state index is -0.770. The summed E-state index contributed by atoms with van der Waals surface area (Å²) in [5.74, 6) is 0.836. The van der Waals surface area contributed by atoms with Crippen LogP contribution in [0.5, 0.6) is 0 Å². The van der Waals surface area contributed by atoms with Gasteiger partial charge in [-0.05, 0) is 12.3 Å². The minimum absolute atomic E-state index is 0.0368. The Morgan fingerprint density at radius 3 is 2.50 bits per heavy atom. The van der Waals surface area contributed by atoms with Gasteiger partial charge in [0.2, 0.25) is 5.91 Å². The molecule has 5 heteroatoms. The Balaban J connectivity index is 3.59. The third-order valence-corrected chi connectivity index (χ3v) is 3.50. The van der Waals surface area contributed by atoms with E-state index in [-0.39, 0.29) is 17.1 Å². The summed E-state index contributed by atoms with van der Waals surface area (Å²) in [5, 5.41) is 2.52. The summed E-state index contributed by atoms with van der Waals surface area (Å²) in [5.41, 5.74) is 0. The maximum atomic E-state index is 11.4. The molecule has 84 valence electrons. The maximum Gasteiger partial charge on any atom is 0.233 e. The van der Waals surface area contributed by atoms with E-state index in [4.69, 9.17) is 0 Å². The lowest BCUT2D eigenvalue weighted by Gasteiger charge is -2.14. The molecule has 0 aliphatic rings. The van der Waals surface area contributed by atoms with Crippen LogP contribution in [-0.2, 0) is 15.6 Å². The molecule has 0 fully saturated rings. The number of rotatable bonds is 6. The topological polar surface area (TPSA) is 46.2 Å². The standard InChI is InChI=1S/C9H19NO2S2/c1-7(2)8(13)9(11)10-5-4-6-14(3)12/h7-8,13H,4-6H2,1-3H3,(H,10,11). The first-order chi connectivity index (χ1) is 6.45. The first-order valence-electron chi connectivity index (χ1n) is 4.71. The van der Waals surface area contributed by atoms with Gasteiger partial charge in [0.05, 0.1) is 5.25 Å². The molecule has 14 heavy (non-hydrogen) atoms. The van der Waals surface area contributed by atoms with E-state index in [2.05, 4.69) is 17.9 Å². The summed E-state index contributed by atoms with van der Waals surface area (Å²) in [6, 6.07) is 0. The molecule has 0 aromatic carbocycles. The van der Waals surface area contributed by atoms with Gasteiger partial charge in [-0.1, -0.05) is 13.8 Å². The zero-order valence-corrected chi connectivity index (χ0v) is 10.7. The van der Waals surface area contributed by atoms with Gasteiger partial charge in [-0.3, -0.25) is 9.00 Å². The highest BCUT2D eigenvalue weighted by atomic mass is 32.2. The van der Waals surface area contributed by atoms with Crippen LogP contribution < -0.4 is 5.32 Å². The monoisotopic (exact) mass is 237 g/mol. The van der Waals surface area contributed by atoms with E-state index < -0.39 is 10.8 Å². The van der Waals surface area contributed by atoms with Crippen LogP contribution in [0.15, 0.2) is 0 Å². The van der Waals surface area contributed by atoms with Gasteiger partial charge in [-0.15, -0.1) is 0 Å². The lowest BCUT2D eigenvalue weighted by Crippen LogP contribution is -2.35. The fraction of sp³-hybridized carbons (Fsp3) is 0.889. The Labute approximate surface area is 93.9 Å². The second-order valence-corrected chi connectivity index (χ2v) is 5.72. The Kier molecular flexibility index (Phi) is 7.27. The summed E-state index contributed by atoms with van der Waals surface area (Å²) < 4.78 is 10.7. The molecule has 2 atom stereocenters. The number of thiol groups is 1. The van der Waals surface area contributed by atoms with Crippen molar-refractivity contribution in [1.29, 1.82) is 0 Å². The largest absolute Gasteiger partial charge is 0.355 e. The maximum absolute atomic E-state index is 11.4. The highest BCUT2D eigenvalue weighted by Crippen LogP contribution is 2.08. The Morgan fingerprint density at radius 1 is 1.50 bits per heavy atom. The molecule has 0 aromatic rings. The van der Waals surface area contributed by atoms with E-state index in [0.29, 0.717) is 12.3 Å². The molecule has 0 aliphatic carbocycles. The zero-order chi connectivity index (χ0) is 11.1. The molecule has 0 rings (SSSR count). The van der Waals surface area contributed by atoms with Gasteiger partial charge in [0, 0.05) is 29.4 Å². The van der Waals surface area contributed by atoms with Crippen LogP contribution in [0, 0.1) is 5.92 Å². The molecule has 0 saturated carbocycles. The molecular formula is C9H19NO2S2. The van der Waals surface area contributed by atoms with Gasteiger partial charge < -0.3 is 5.32 Å². The van der Waals surface area contributed by atoms with Gasteiger partial charge in [0.25, 0.3) is 0 Å². The van der Waals surface area contributed by atoms with Crippen LogP contribution in [0.4, 0.5) is 0 Å². The Bertz CT molecular complexity index is 207. The molecule has 0 spiro atoms. The molecule has 2 unspecified atom stereocenters. The molecule has 0 saturated heterocycles. The smallest absolute Gasteiger partial charge is 0.233 e. The predicted octanol–water partition coefficient (Wildman–Crippen LogP) is 0.826. The van der Waals surface area contributed by atoms with Gasteiger partial charge >= 0.3 is 0 Å². The Morgan fingerprint density at radius 2 is 2.07 bits per heavy atom. The summed E-state index contributed by atoms with van der Waals surface area (Å²) in [4.78, 5) is 11.4. The highest BCUT2D eigenvalue weighted by molar-refractivity contribution is 7.84. The molecule has 0 radical (unpaired) electrons. The number of carbonyl (C=O) groups excluding carboxylic acids is 1. The van der Waals surface area contributed by atoms with Gasteiger partial charge in [0.15, 0.2) is 0 Å². The van der Waals surface area contributed by atoms with E-state index in [1.807, 2.05) is 13.8 Å². The average molecular weight is 237 g/mol. The highest BCUT2D eigenvalue weighted by Gasteiger charge is 2.16. The van der Waals surface area contributed by atoms with Crippen molar-refractivity contribution in [2.75, 3.05) is 18.6 Å². The first-order valence-corrected chi connectivity index (χ1v) is 6.95. The van der Waals surface area contributed by atoms with Crippen LogP contribution in [0.2, 0.25) is 0 Å². The molecule has 1 amide bonds. The van der Waals surface area contributed by atoms with Crippen molar-refractivity contribution in [2.24, 2.45) is 5.92 Å². The minimum Gasteiger partial charge on any atom is -0.355 e. The zero-order valence-electron chi connectivity index (χ0n) is 8.95. The van der Waals surface area contributed by atoms with Crippen molar-refractivity contribution in [3.8, 4) is 0 Å². The lowest BCUT2D eigenvalue weighted by atomic mass is 10.1. The summed E-state index contributed by atoms with van der Waals surface area (Å²) in [6.07, 6.45) is 2.42. The normalized spacial score (nSPS) is 15.2. The van der Waals surface area contributed by atoms with Crippen LogP contribution in [0.3, 0.4) is 0 Å². The van der Waals surface area contributed by atoms with E-state index >= 15 is 0 Å². The SMILES string of the molecule is CC(C)C(S)C(=O)NCCCS(C)=O. The van der Waals surface area contributed by atoms with Crippen molar-refractivity contribution in [3.63, 3.8) is 0 Å². The molecule has 0 aliphatic heterocycles. The lowest BCUT2D eigenvalue weighted by molar-refractivity contribution is -0.121. The number of carbonyl (C=O) groups is 1. The van der Waals surface area contributed by atoms with Crippen LogP contribution >= 0.6 is 12.6 Å². The van der Waals surface area contributed by atoms with Crippen molar-refractivity contribution >= 4 is 29.3 Å². The van der Waals surface area contributed by atoms with Gasteiger partial charge in [-0.25, -0.2) is 0 Å². The number of nitrogens with one attached hydrogen (secondary N) is 1. The van der Waals surface area contributed by atoms with Crippen LogP contribution in [0.25, 0.3) is 0 Å². The van der Waals surface area contributed by atoms with Crippen LogP contribution in [-0.4, -0.2) is 33.9 Å². The second-order valence-electron chi connectivity index (χ2n) is 3.61. The predicted molar refractivity (Wildman–Crippen MR) is 64.2 cm³/mol. The molecule has 0 heterocycles. The number of hydrogen-bond acceptors (Lipinski definition) is 3. The van der Waals surface area contributed by atoms with E-state index in [1.54, 1.807) is 6.26 Å². The van der Waals surface area contributed by atoms with Crippen molar-refractivity contribution in [1.82, 2.24) is 5.32 Å². The van der Waals surface area contributed by atoms with Gasteiger partial charge in [-0.2, -0.15) is 12.6 Å². The summed E-state index contributed by atoms with van der Waals surface area (Å²) >= 11 is 4.19. The van der Waals surface area contributed by atoms with E-state index in [1.165, 1.54) is 0 Å². The van der Waals surface area contributed by atoms with E-state index in [9.17, 15) is 9.00 Å². The molecule has 3 nitrogen and oxygen atoms in total. The number of amides is 1. The van der Waals surface area contributed by atoms with E-state index in [0.717, 1.165) is 6.42 Å². The number of hydrogen-bond donors (Lipinski definition) is 2. The second kappa shape index (κ2) is 7.29. The summed E-state index contributed by atoms with van der Waals surface area (Å²) in [7, 11) is -0.770. The molecule has 1 N–H and O–H groups in total. The van der Waals surface area contributed by atoms with Crippen LogP contribution in [0.1, 0.15) is 20.3 Å². The van der Waals surface area contributed by atoms with Gasteiger partial charge in [0.1, 0.15) is 0 Å². The van der Waals surface area contributed by atoms with Crippen molar-refractivity contribution < 1.29 is 9.00 Å². The fourth-order valence-electron chi connectivity index (χ4n) is 0.894. The molecule has 0 bridgehead atoms. The third kappa shape index (κ3) is 6.43. The fourth-order valence-corrected chi connectivity index (χ4v) is 1.54. The van der Waals surface area contributed by atoms with Crippen molar-refractivity contribution in [3.05, 3.63) is 0 Å². The summed E-state index contributed by atoms with van der Waals surface area (Å²) in [6.45, 7) is 4.50. The van der Waals surface area contributed by atoms with Crippen molar-refractivity contribution in [2.45, 2.75) is 25.5 Å². The third-order valence-electron chi connectivity index (χ3n) is 1.81. The first kappa shape index (κ1) is 14.0.